The second-order valence-electron chi connectivity index (χ2n) is 6.44. The third-order valence-electron chi connectivity index (χ3n) is 4.32. The van der Waals surface area contributed by atoms with Crippen molar-refractivity contribution < 1.29 is 14.3 Å². The van der Waals surface area contributed by atoms with Crippen molar-refractivity contribution in [1.29, 1.82) is 0 Å². The van der Waals surface area contributed by atoms with Gasteiger partial charge in [0.15, 0.2) is 0 Å². The molecule has 0 aromatic heterocycles. The molecule has 1 saturated carbocycles. The zero-order chi connectivity index (χ0) is 17.0. The van der Waals surface area contributed by atoms with Crippen LogP contribution in [-0.2, 0) is 0 Å². The molecule has 128 valence electrons. The van der Waals surface area contributed by atoms with Gasteiger partial charge in [0.2, 0.25) is 0 Å². The number of anilines is 1. The highest BCUT2D eigenvalue weighted by Gasteiger charge is 2.22. The van der Waals surface area contributed by atoms with E-state index in [0.717, 1.165) is 36.9 Å². The average Bonchev–Trinajstić information content (AvgIpc) is 2.49. The van der Waals surface area contributed by atoms with Crippen LogP contribution in [0, 0.1) is 5.82 Å². The highest BCUT2D eigenvalue weighted by atomic mass is 19.1. The van der Waals surface area contributed by atoms with Gasteiger partial charge >= 0.3 is 6.03 Å². The van der Waals surface area contributed by atoms with Gasteiger partial charge in [-0.25, -0.2) is 9.18 Å². The molecule has 2 amide bonds. The zero-order valence-corrected chi connectivity index (χ0v) is 14.0. The molecule has 0 radical (unpaired) electrons. The number of carbonyl (C=O) groups excluding carboxylic acids is 1. The molecule has 1 aromatic carbocycles. The summed E-state index contributed by atoms with van der Waals surface area (Å²) in [7, 11) is 3.77. The monoisotopic (exact) mass is 323 g/mol. The van der Waals surface area contributed by atoms with Crippen LogP contribution in [0.5, 0.6) is 0 Å². The molecule has 1 aromatic rings. The Bertz CT molecular complexity index is 543. The molecule has 1 unspecified atom stereocenters. The van der Waals surface area contributed by atoms with E-state index in [-0.39, 0.29) is 30.0 Å². The van der Waals surface area contributed by atoms with E-state index in [1.165, 1.54) is 12.1 Å². The van der Waals surface area contributed by atoms with E-state index in [1.54, 1.807) is 6.07 Å². The fourth-order valence-electron chi connectivity index (χ4n) is 3.00. The van der Waals surface area contributed by atoms with Gasteiger partial charge in [-0.1, -0.05) is 0 Å². The van der Waals surface area contributed by atoms with E-state index in [0.29, 0.717) is 0 Å². The van der Waals surface area contributed by atoms with Gasteiger partial charge in [0.25, 0.3) is 0 Å². The van der Waals surface area contributed by atoms with Gasteiger partial charge in [-0.15, -0.1) is 0 Å². The minimum absolute atomic E-state index is 0.0893. The second-order valence-corrected chi connectivity index (χ2v) is 6.44. The molecule has 3 N–H and O–H groups in total. The number of hydrogen-bond acceptors (Lipinski definition) is 3. The molecular formula is C17H26FN3O2. The van der Waals surface area contributed by atoms with Crippen LogP contribution in [0.3, 0.4) is 0 Å². The number of halogens is 1. The van der Waals surface area contributed by atoms with E-state index in [2.05, 4.69) is 10.6 Å². The summed E-state index contributed by atoms with van der Waals surface area (Å²) in [5.74, 6) is -0.319. The average molecular weight is 323 g/mol. The second kappa shape index (κ2) is 7.64. The van der Waals surface area contributed by atoms with Gasteiger partial charge in [-0.05, 0) is 50.8 Å². The Balaban J connectivity index is 1.97. The van der Waals surface area contributed by atoms with Crippen LogP contribution in [0.4, 0.5) is 14.9 Å². The first kappa shape index (κ1) is 17.5. The Morgan fingerprint density at radius 3 is 2.57 bits per heavy atom. The highest BCUT2D eigenvalue weighted by Crippen LogP contribution is 2.26. The molecule has 0 heterocycles. The number of aliphatic hydroxyl groups excluding tert-OH is 1. The summed E-state index contributed by atoms with van der Waals surface area (Å²) >= 11 is 0. The first-order valence-corrected chi connectivity index (χ1v) is 8.08. The summed E-state index contributed by atoms with van der Waals surface area (Å²) in [5, 5.41) is 15.3. The fraction of sp³-hybridized carbons (Fsp3) is 0.588. The van der Waals surface area contributed by atoms with E-state index in [1.807, 2.05) is 25.9 Å². The van der Waals surface area contributed by atoms with E-state index < -0.39 is 0 Å². The van der Waals surface area contributed by atoms with Crippen LogP contribution in [0.2, 0.25) is 0 Å². The van der Waals surface area contributed by atoms with Crippen molar-refractivity contribution in [3.63, 3.8) is 0 Å². The van der Waals surface area contributed by atoms with Crippen molar-refractivity contribution in [2.75, 3.05) is 19.0 Å². The van der Waals surface area contributed by atoms with E-state index >= 15 is 0 Å². The van der Waals surface area contributed by atoms with Crippen molar-refractivity contribution in [2.45, 2.75) is 50.8 Å². The fourth-order valence-corrected chi connectivity index (χ4v) is 3.00. The molecule has 2 rings (SSSR count). The Hall–Kier alpha value is -1.82. The number of benzene rings is 1. The Morgan fingerprint density at radius 1 is 1.30 bits per heavy atom. The number of aliphatic hydroxyl groups is 1. The number of amides is 2. The van der Waals surface area contributed by atoms with Gasteiger partial charge < -0.3 is 20.6 Å². The number of hydrogen-bond donors (Lipinski definition) is 3. The van der Waals surface area contributed by atoms with Crippen LogP contribution in [0.15, 0.2) is 18.2 Å². The maximum absolute atomic E-state index is 13.5. The third kappa shape index (κ3) is 4.82. The molecule has 1 aliphatic carbocycles. The van der Waals surface area contributed by atoms with E-state index in [9.17, 15) is 14.3 Å². The number of rotatable bonds is 4. The summed E-state index contributed by atoms with van der Waals surface area (Å²) < 4.78 is 13.5. The molecule has 5 nitrogen and oxygen atoms in total. The number of nitrogens with zero attached hydrogens (tertiary/aromatic N) is 1. The number of carbonyl (C=O) groups is 1. The van der Waals surface area contributed by atoms with Gasteiger partial charge in [-0.3, -0.25) is 0 Å². The van der Waals surface area contributed by atoms with Crippen molar-refractivity contribution in [3.05, 3.63) is 29.6 Å². The standard InChI is InChI=1S/C17H26FN3O2/c1-11(15-10-12(18)4-9-16(15)21(2)3)19-17(23)20-13-5-7-14(22)8-6-13/h4,9-11,13-14,22H,5-8H2,1-3H3,(H2,19,20,23). The largest absolute Gasteiger partial charge is 0.393 e. The topological polar surface area (TPSA) is 64.6 Å². The first-order valence-electron chi connectivity index (χ1n) is 8.08. The number of nitrogens with one attached hydrogen (secondary N) is 2. The normalized spacial score (nSPS) is 22.3. The maximum Gasteiger partial charge on any atom is 0.315 e. The lowest BCUT2D eigenvalue weighted by Gasteiger charge is -2.27. The SMILES string of the molecule is CC(NC(=O)NC1CCC(O)CC1)c1cc(F)ccc1N(C)C. The Kier molecular flexibility index (Phi) is 5.82. The summed E-state index contributed by atoms with van der Waals surface area (Å²) in [5.41, 5.74) is 1.62. The molecular weight excluding hydrogens is 297 g/mol. The highest BCUT2D eigenvalue weighted by molar-refractivity contribution is 5.75. The van der Waals surface area contributed by atoms with Crippen molar-refractivity contribution in [2.24, 2.45) is 0 Å². The van der Waals surface area contributed by atoms with Crippen molar-refractivity contribution in [1.82, 2.24) is 10.6 Å². The van der Waals surface area contributed by atoms with Crippen LogP contribution in [0.1, 0.15) is 44.2 Å². The predicted molar refractivity (Wildman–Crippen MR) is 89.1 cm³/mol. The first-order chi connectivity index (χ1) is 10.9. The molecule has 0 spiro atoms. The van der Waals surface area contributed by atoms with Crippen LogP contribution in [-0.4, -0.2) is 37.4 Å². The van der Waals surface area contributed by atoms with Gasteiger partial charge in [0.05, 0.1) is 12.1 Å². The zero-order valence-electron chi connectivity index (χ0n) is 14.0. The lowest BCUT2D eigenvalue weighted by molar-refractivity contribution is 0.117. The third-order valence-corrected chi connectivity index (χ3v) is 4.32. The molecule has 23 heavy (non-hydrogen) atoms. The van der Waals surface area contributed by atoms with E-state index in [4.69, 9.17) is 0 Å². The minimum atomic E-state index is -0.319. The quantitative estimate of drug-likeness (QED) is 0.798. The predicted octanol–water partition coefficient (Wildman–Crippen LogP) is 2.56. The lowest BCUT2D eigenvalue weighted by atomic mass is 9.93. The Morgan fingerprint density at radius 2 is 1.96 bits per heavy atom. The van der Waals surface area contributed by atoms with Crippen molar-refractivity contribution in [3.8, 4) is 0 Å². The van der Waals surface area contributed by atoms with Crippen LogP contribution < -0.4 is 15.5 Å². The summed E-state index contributed by atoms with van der Waals surface area (Å²) in [6.07, 6.45) is 2.76. The summed E-state index contributed by atoms with van der Waals surface area (Å²) in [6.45, 7) is 1.84. The van der Waals surface area contributed by atoms with Crippen LogP contribution in [0.25, 0.3) is 0 Å². The lowest BCUT2D eigenvalue weighted by Crippen LogP contribution is -2.45. The molecule has 0 aliphatic heterocycles. The number of urea groups is 1. The van der Waals surface area contributed by atoms with Crippen molar-refractivity contribution >= 4 is 11.7 Å². The van der Waals surface area contributed by atoms with Gasteiger partial charge in [0, 0.05) is 31.4 Å². The van der Waals surface area contributed by atoms with Crippen LogP contribution >= 0.6 is 0 Å². The molecule has 6 heteroatoms. The summed E-state index contributed by atoms with van der Waals surface area (Å²) in [4.78, 5) is 14.0. The maximum atomic E-state index is 13.5. The van der Waals surface area contributed by atoms with Gasteiger partial charge in [-0.2, -0.15) is 0 Å². The molecule has 0 bridgehead atoms. The summed E-state index contributed by atoms with van der Waals surface area (Å²) in [6, 6.07) is 4.11. The Labute approximate surface area is 136 Å². The molecule has 1 aliphatic rings. The minimum Gasteiger partial charge on any atom is -0.393 e. The molecule has 1 atom stereocenters. The van der Waals surface area contributed by atoms with Gasteiger partial charge in [0.1, 0.15) is 5.82 Å². The molecule has 1 fully saturated rings. The smallest absolute Gasteiger partial charge is 0.315 e. The molecule has 0 saturated heterocycles.